The van der Waals surface area contributed by atoms with E-state index in [1.807, 2.05) is 0 Å². The first kappa shape index (κ1) is 17.1. The van der Waals surface area contributed by atoms with Crippen LogP contribution >= 0.6 is 0 Å². The van der Waals surface area contributed by atoms with Gasteiger partial charge in [-0.05, 0) is 33.6 Å². The first-order chi connectivity index (χ1) is 8.02. The molecule has 0 fully saturated rings. The SMILES string of the molecule is CN(CCCCNC(=O)OC(C)(C)C)S(N)(=O)=O. The summed E-state index contributed by atoms with van der Waals surface area (Å²) in [5, 5.41) is 7.51. The summed E-state index contributed by atoms with van der Waals surface area (Å²) in [6.07, 6.45) is 0.796. The van der Waals surface area contributed by atoms with Gasteiger partial charge in [0.05, 0.1) is 0 Å². The van der Waals surface area contributed by atoms with Gasteiger partial charge in [-0.15, -0.1) is 0 Å². The van der Waals surface area contributed by atoms with E-state index in [0.29, 0.717) is 25.9 Å². The minimum atomic E-state index is -3.61. The number of hydrogen-bond donors (Lipinski definition) is 2. The second-order valence-corrected chi connectivity index (χ2v) is 6.66. The summed E-state index contributed by atoms with van der Waals surface area (Å²) in [6, 6.07) is 0. The van der Waals surface area contributed by atoms with Gasteiger partial charge in [-0.25, -0.2) is 9.93 Å². The molecule has 0 saturated heterocycles. The zero-order valence-electron chi connectivity index (χ0n) is 11.4. The van der Waals surface area contributed by atoms with Crippen LogP contribution in [0.15, 0.2) is 0 Å². The molecule has 0 heterocycles. The predicted molar refractivity (Wildman–Crippen MR) is 69.2 cm³/mol. The summed E-state index contributed by atoms with van der Waals surface area (Å²) in [5.41, 5.74) is -0.516. The van der Waals surface area contributed by atoms with E-state index in [1.54, 1.807) is 20.8 Å². The number of hydrogen-bond acceptors (Lipinski definition) is 4. The predicted octanol–water partition coefficient (Wildman–Crippen LogP) is 0.427. The van der Waals surface area contributed by atoms with Crippen molar-refractivity contribution < 1.29 is 17.9 Å². The maximum absolute atomic E-state index is 11.3. The molecule has 0 atom stereocenters. The van der Waals surface area contributed by atoms with Crippen LogP contribution in [0.5, 0.6) is 0 Å². The van der Waals surface area contributed by atoms with Crippen molar-refractivity contribution in [3.05, 3.63) is 0 Å². The second-order valence-electron chi connectivity index (χ2n) is 5.00. The number of nitrogens with zero attached hydrogens (tertiary/aromatic N) is 1. The molecule has 0 aromatic heterocycles. The molecule has 108 valence electrons. The molecular weight excluding hydrogens is 258 g/mol. The Kier molecular flexibility index (Phi) is 6.58. The third kappa shape index (κ3) is 9.20. The topological polar surface area (TPSA) is 102 Å². The van der Waals surface area contributed by atoms with Crippen molar-refractivity contribution >= 4 is 16.3 Å². The van der Waals surface area contributed by atoms with E-state index >= 15 is 0 Å². The molecule has 0 rings (SSSR count). The third-order valence-corrected chi connectivity index (χ3v) is 3.05. The molecule has 3 N–H and O–H groups in total. The number of nitrogens with one attached hydrogen (secondary N) is 1. The molecule has 8 heteroatoms. The van der Waals surface area contributed by atoms with Gasteiger partial charge < -0.3 is 10.1 Å². The molecule has 0 saturated carbocycles. The number of rotatable bonds is 6. The van der Waals surface area contributed by atoms with Crippen LogP contribution in [0.25, 0.3) is 0 Å². The van der Waals surface area contributed by atoms with Crippen molar-refractivity contribution in [3.8, 4) is 0 Å². The summed E-state index contributed by atoms with van der Waals surface area (Å²) in [4.78, 5) is 11.3. The van der Waals surface area contributed by atoms with Crippen LogP contribution in [-0.4, -0.2) is 44.6 Å². The molecule has 0 unspecified atom stereocenters. The summed E-state index contributed by atoms with van der Waals surface area (Å²) in [5.74, 6) is 0. The van der Waals surface area contributed by atoms with Gasteiger partial charge in [0.2, 0.25) is 0 Å². The lowest BCUT2D eigenvalue weighted by Gasteiger charge is -2.19. The van der Waals surface area contributed by atoms with Crippen LogP contribution < -0.4 is 10.5 Å². The molecule has 7 nitrogen and oxygen atoms in total. The van der Waals surface area contributed by atoms with Gasteiger partial charge in [-0.3, -0.25) is 0 Å². The highest BCUT2D eigenvalue weighted by Crippen LogP contribution is 2.06. The molecule has 0 radical (unpaired) electrons. The number of alkyl carbamates (subject to hydrolysis) is 1. The van der Waals surface area contributed by atoms with E-state index in [4.69, 9.17) is 9.88 Å². The summed E-state index contributed by atoms with van der Waals surface area (Å²) in [6.45, 7) is 6.12. The van der Waals surface area contributed by atoms with E-state index < -0.39 is 21.9 Å². The highest BCUT2D eigenvalue weighted by atomic mass is 32.2. The fraction of sp³-hybridized carbons (Fsp3) is 0.900. The first-order valence-electron chi connectivity index (χ1n) is 5.73. The van der Waals surface area contributed by atoms with E-state index in [0.717, 1.165) is 4.31 Å². The Morgan fingerprint density at radius 1 is 1.33 bits per heavy atom. The summed E-state index contributed by atoms with van der Waals surface area (Å²) in [7, 11) is -2.20. The molecule has 0 aliphatic carbocycles. The lowest BCUT2D eigenvalue weighted by molar-refractivity contribution is 0.0527. The smallest absolute Gasteiger partial charge is 0.407 e. The van der Waals surface area contributed by atoms with Gasteiger partial charge in [0.15, 0.2) is 0 Å². The number of carbonyl (C=O) groups is 1. The highest BCUT2D eigenvalue weighted by Gasteiger charge is 2.15. The summed E-state index contributed by atoms with van der Waals surface area (Å²) >= 11 is 0. The Morgan fingerprint density at radius 3 is 2.33 bits per heavy atom. The lowest BCUT2D eigenvalue weighted by Crippen LogP contribution is -2.35. The second kappa shape index (κ2) is 6.91. The van der Waals surface area contributed by atoms with Gasteiger partial charge in [0.25, 0.3) is 10.2 Å². The van der Waals surface area contributed by atoms with Crippen LogP contribution in [-0.2, 0) is 14.9 Å². The molecule has 0 aromatic carbocycles. The molecule has 1 amide bonds. The van der Waals surface area contributed by atoms with E-state index in [2.05, 4.69) is 5.32 Å². The van der Waals surface area contributed by atoms with Gasteiger partial charge in [-0.2, -0.15) is 12.7 Å². The largest absolute Gasteiger partial charge is 0.444 e. The van der Waals surface area contributed by atoms with Crippen LogP contribution in [0.1, 0.15) is 33.6 Å². The molecular formula is C10H23N3O4S. The van der Waals surface area contributed by atoms with Gasteiger partial charge in [0, 0.05) is 20.1 Å². The standard InChI is InChI=1S/C10H23N3O4S/c1-10(2,3)17-9(14)12-7-5-6-8-13(4)18(11,15)16/h5-8H2,1-4H3,(H,12,14)(H2,11,15,16). The van der Waals surface area contributed by atoms with Crippen molar-refractivity contribution in [2.45, 2.75) is 39.2 Å². The van der Waals surface area contributed by atoms with Gasteiger partial charge in [0.1, 0.15) is 5.60 Å². The quantitative estimate of drug-likeness (QED) is 0.689. The summed E-state index contributed by atoms with van der Waals surface area (Å²) < 4.78 is 27.9. The molecule has 0 spiro atoms. The zero-order valence-corrected chi connectivity index (χ0v) is 12.2. The van der Waals surface area contributed by atoms with Crippen LogP contribution in [0.3, 0.4) is 0 Å². The Labute approximate surface area is 109 Å². The van der Waals surface area contributed by atoms with Crippen molar-refractivity contribution in [2.75, 3.05) is 20.1 Å². The van der Waals surface area contributed by atoms with Crippen LogP contribution in [0.4, 0.5) is 4.79 Å². The lowest BCUT2D eigenvalue weighted by atomic mass is 10.2. The third-order valence-electron chi connectivity index (χ3n) is 2.00. The Balaban J connectivity index is 3.67. The monoisotopic (exact) mass is 281 g/mol. The van der Waals surface area contributed by atoms with E-state index in [9.17, 15) is 13.2 Å². The number of unbranched alkanes of at least 4 members (excludes halogenated alkanes) is 1. The van der Waals surface area contributed by atoms with Gasteiger partial charge in [-0.1, -0.05) is 0 Å². The van der Waals surface area contributed by atoms with Crippen molar-refractivity contribution in [1.29, 1.82) is 0 Å². The molecule has 18 heavy (non-hydrogen) atoms. The average Bonchev–Trinajstić information content (AvgIpc) is 2.12. The molecule has 0 aliphatic heterocycles. The minimum Gasteiger partial charge on any atom is -0.444 e. The Morgan fingerprint density at radius 2 is 1.89 bits per heavy atom. The molecule has 0 bridgehead atoms. The van der Waals surface area contributed by atoms with Gasteiger partial charge >= 0.3 is 6.09 Å². The number of ether oxygens (including phenoxy) is 1. The fourth-order valence-corrected chi connectivity index (χ4v) is 1.47. The number of nitrogens with two attached hydrogens (primary N) is 1. The molecule has 0 aliphatic rings. The Hall–Kier alpha value is -0.860. The number of amides is 1. The van der Waals surface area contributed by atoms with Crippen LogP contribution in [0.2, 0.25) is 0 Å². The average molecular weight is 281 g/mol. The van der Waals surface area contributed by atoms with Crippen molar-refractivity contribution in [3.63, 3.8) is 0 Å². The Bertz CT molecular complexity index is 362. The van der Waals surface area contributed by atoms with E-state index in [1.165, 1.54) is 7.05 Å². The van der Waals surface area contributed by atoms with Crippen molar-refractivity contribution in [2.24, 2.45) is 5.14 Å². The highest BCUT2D eigenvalue weighted by molar-refractivity contribution is 7.86. The van der Waals surface area contributed by atoms with Crippen molar-refractivity contribution in [1.82, 2.24) is 9.62 Å². The maximum atomic E-state index is 11.3. The van der Waals surface area contributed by atoms with Crippen LogP contribution in [0, 0.1) is 0 Å². The first-order valence-corrected chi connectivity index (χ1v) is 7.23. The number of carbonyl (C=O) groups excluding carboxylic acids is 1. The maximum Gasteiger partial charge on any atom is 0.407 e. The van der Waals surface area contributed by atoms with E-state index in [-0.39, 0.29) is 0 Å². The zero-order chi connectivity index (χ0) is 14.4. The fourth-order valence-electron chi connectivity index (χ4n) is 1.09. The molecule has 0 aromatic rings. The minimum absolute atomic E-state index is 0.328. The normalized spacial score (nSPS) is 12.6.